The Kier molecular flexibility index (Phi) is 6.80. The standard InChI is InChI=1S/C16H20BrNO/c1-3-5-8-12(4-2)16(19)14(11-18)13-9-6-7-10-15(13)17/h6-7,9-10,12,14H,3-5,8H2,1-2H3. The van der Waals surface area contributed by atoms with Crippen LogP contribution >= 0.6 is 15.9 Å². The van der Waals surface area contributed by atoms with Crippen LogP contribution in [0.5, 0.6) is 0 Å². The fourth-order valence-corrected chi connectivity index (χ4v) is 2.74. The van der Waals surface area contributed by atoms with Crippen LogP contribution in [0.3, 0.4) is 0 Å². The predicted molar refractivity (Wildman–Crippen MR) is 80.8 cm³/mol. The van der Waals surface area contributed by atoms with Gasteiger partial charge in [0.2, 0.25) is 0 Å². The van der Waals surface area contributed by atoms with Gasteiger partial charge in [-0.05, 0) is 24.5 Å². The molecule has 0 spiro atoms. The van der Waals surface area contributed by atoms with Crippen molar-refractivity contribution in [3.8, 4) is 6.07 Å². The van der Waals surface area contributed by atoms with E-state index in [1.54, 1.807) is 0 Å². The molecule has 0 amide bonds. The molecule has 0 fully saturated rings. The van der Waals surface area contributed by atoms with Crippen LogP contribution in [-0.2, 0) is 4.79 Å². The van der Waals surface area contributed by atoms with Crippen LogP contribution in [0.2, 0.25) is 0 Å². The van der Waals surface area contributed by atoms with E-state index in [1.165, 1.54) is 0 Å². The van der Waals surface area contributed by atoms with E-state index in [2.05, 4.69) is 28.9 Å². The van der Waals surface area contributed by atoms with Gasteiger partial charge in [0.15, 0.2) is 5.78 Å². The van der Waals surface area contributed by atoms with Gasteiger partial charge in [0.25, 0.3) is 0 Å². The van der Waals surface area contributed by atoms with Gasteiger partial charge in [-0.3, -0.25) is 4.79 Å². The molecule has 0 radical (unpaired) electrons. The summed E-state index contributed by atoms with van der Waals surface area (Å²) in [4.78, 5) is 12.5. The van der Waals surface area contributed by atoms with Crippen molar-refractivity contribution in [3.63, 3.8) is 0 Å². The third kappa shape index (κ3) is 4.18. The first-order chi connectivity index (χ1) is 9.15. The van der Waals surface area contributed by atoms with Gasteiger partial charge < -0.3 is 0 Å². The van der Waals surface area contributed by atoms with Crippen LogP contribution in [-0.4, -0.2) is 5.78 Å². The van der Waals surface area contributed by atoms with E-state index in [4.69, 9.17) is 0 Å². The molecule has 2 unspecified atom stereocenters. The number of Topliss-reactive ketones (excluding diaryl/α,β-unsaturated/α-hetero) is 1. The molecule has 2 atom stereocenters. The monoisotopic (exact) mass is 321 g/mol. The van der Waals surface area contributed by atoms with Crippen LogP contribution in [0, 0.1) is 17.2 Å². The number of ketones is 1. The normalized spacial score (nSPS) is 13.6. The zero-order chi connectivity index (χ0) is 14.3. The van der Waals surface area contributed by atoms with Crippen molar-refractivity contribution in [3.05, 3.63) is 34.3 Å². The molecular weight excluding hydrogens is 302 g/mol. The summed E-state index contributed by atoms with van der Waals surface area (Å²) in [6.07, 6.45) is 3.81. The lowest BCUT2D eigenvalue weighted by molar-refractivity contribution is -0.123. The Hall–Kier alpha value is -1.14. The van der Waals surface area contributed by atoms with E-state index in [1.807, 2.05) is 31.2 Å². The molecule has 0 bridgehead atoms. The van der Waals surface area contributed by atoms with E-state index in [9.17, 15) is 10.1 Å². The Morgan fingerprint density at radius 1 is 1.37 bits per heavy atom. The molecule has 19 heavy (non-hydrogen) atoms. The summed E-state index contributed by atoms with van der Waals surface area (Å²) in [5, 5.41) is 9.35. The number of unbranched alkanes of at least 4 members (excludes halogenated alkanes) is 1. The molecule has 102 valence electrons. The number of carbonyl (C=O) groups excluding carboxylic acids is 1. The topological polar surface area (TPSA) is 40.9 Å². The first-order valence-corrected chi connectivity index (χ1v) is 7.62. The molecule has 0 aliphatic heterocycles. The highest BCUT2D eigenvalue weighted by Gasteiger charge is 2.27. The van der Waals surface area contributed by atoms with Crippen LogP contribution in [0.4, 0.5) is 0 Å². The maximum atomic E-state index is 12.5. The molecular formula is C16H20BrNO. The second kappa shape index (κ2) is 8.12. The fourth-order valence-electron chi connectivity index (χ4n) is 2.23. The highest BCUT2D eigenvalue weighted by atomic mass is 79.9. The van der Waals surface area contributed by atoms with E-state index < -0.39 is 5.92 Å². The van der Waals surface area contributed by atoms with E-state index in [0.717, 1.165) is 35.7 Å². The minimum absolute atomic E-state index is 0.00305. The molecule has 0 saturated carbocycles. The van der Waals surface area contributed by atoms with Crippen molar-refractivity contribution >= 4 is 21.7 Å². The largest absolute Gasteiger partial charge is 0.298 e. The zero-order valence-electron chi connectivity index (χ0n) is 11.5. The van der Waals surface area contributed by atoms with Crippen molar-refractivity contribution in [2.45, 2.75) is 45.4 Å². The number of hydrogen-bond acceptors (Lipinski definition) is 2. The lowest BCUT2D eigenvalue weighted by Crippen LogP contribution is -2.21. The first-order valence-electron chi connectivity index (χ1n) is 6.83. The maximum Gasteiger partial charge on any atom is 0.157 e. The maximum absolute atomic E-state index is 12.5. The lowest BCUT2D eigenvalue weighted by Gasteiger charge is -2.18. The molecule has 3 heteroatoms. The zero-order valence-corrected chi connectivity index (χ0v) is 13.1. The SMILES string of the molecule is CCCCC(CC)C(=O)C(C#N)c1ccccc1Br. The molecule has 0 aliphatic carbocycles. The Morgan fingerprint density at radius 3 is 2.58 bits per heavy atom. The number of rotatable bonds is 7. The van der Waals surface area contributed by atoms with Crippen LogP contribution < -0.4 is 0 Å². The van der Waals surface area contributed by atoms with Gasteiger partial charge in [-0.15, -0.1) is 0 Å². The van der Waals surface area contributed by atoms with Crippen LogP contribution in [0.1, 0.15) is 51.0 Å². The smallest absolute Gasteiger partial charge is 0.157 e. The molecule has 1 aromatic rings. The summed E-state index contributed by atoms with van der Waals surface area (Å²) in [5.41, 5.74) is 0.782. The van der Waals surface area contributed by atoms with Crippen LogP contribution in [0.25, 0.3) is 0 Å². The summed E-state index contributed by atoms with van der Waals surface area (Å²) in [5.74, 6) is -0.598. The van der Waals surface area contributed by atoms with Crippen molar-refractivity contribution in [1.29, 1.82) is 5.26 Å². The Morgan fingerprint density at radius 2 is 2.05 bits per heavy atom. The first kappa shape index (κ1) is 15.9. The fraction of sp³-hybridized carbons (Fsp3) is 0.500. The molecule has 0 aliphatic rings. The minimum Gasteiger partial charge on any atom is -0.298 e. The number of nitrogens with zero attached hydrogens (tertiary/aromatic N) is 1. The minimum atomic E-state index is -0.655. The van der Waals surface area contributed by atoms with Gasteiger partial charge in [0.05, 0.1) is 6.07 Å². The van der Waals surface area contributed by atoms with Gasteiger partial charge in [-0.25, -0.2) is 0 Å². The number of halogens is 1. The average Bonchev–Trinajstić information content (AvgIpc) is 2.42. The Balaban J connectivity index is 2.94. The highest BCUT2D eigenvalue weighted by Crippen LogP contribution is 2.29. The molecule has 0 saturated heterocycles. The second-order valence-electron chi connectivity index (χ2n) is 4.73. The van der Waals surface area contributed by atoms with Crippen molar-refractivity contribution in [1.82, 2.24) is 0 Å². The summed E-state index contributed by atoms with van der Waals surface area (Å²) >= 11 is 3.43. The number of benzene rings is 1. The summed E-state index contributed by atoms with van der Waals surface area (Å²) in [6.45, 7) is 4.14. The second-order valence-corrected chi connectivity index (χ2v) is 5.59. The Labute approximate surface area is 124 Å². The molecule has 0 N–H and O–H groups in total. The number of carbonyl (C=O) groups is 1. The van der Waals surface area contributed by atoms with E-state index >= 15 is 0 Å². The van der Waals surface area contributed by atoms with Gasteiger partial charge in [0, 0.05) is 10.4 Å². The van der Waals surface area contributed by atoms with Gasteiger partial charge in [-0.1, -0.05) is 60.8 Å². The van der Waals surface area contributed by atoms with Crippen molar-refractivity contribution in [2.24, 2.45) is 5.92 Å². The third-order valence-corrected chi connectivity index (χ3v) is 4.15. The van der Waals surface area contributed by atoms with Gasteiger partial charge in [-0.2, -0.15) is 5.26 Å². The quantitative estimate of drug-likeness (QED) is 0.720. The molecule has 2 nitrogen and oxygen atoms in total. The molecule has 0 aromatic heterocycles. The highest BCUT2D eigenvalue weighted by molar-refractivity contribution is 9.10. The number of nitriles is 1. The van der Waals surface area contributed by atoms with Gasteiger partial charge in [0.1, 0.15) is 5.92 Å². The average molecular weight is 322 g/mol. The third-order valence-electron chi connectivity index (χ3n) is 3.43. The summed E-state index contributed by atoms with van der Waals surface area (Å²) < 4.78 is 0.834. The molecule has 1 rings (SSSR count). The van der Waals surface area contributed by atoms with E-state index in [0.29, 0.717) is 0 Å². The van der Waals surface area contributed by atoms with Crippen LogP contribution in [0.15, 0.2) is 28.7 Å². The summed E-state index contributed by atoms with van der Waals surface area (Å²) in [7, 11) is 0. The van der Waals surface area contributed by atoms with Crippen molar-refractivity contribution in [2.75, 3.05) is 0 Å². The van der Waals surface area contributed by atoms with Gasteiger partial charge >= 0.3 is 0 Å². The molecule has 0 heterocycles. The molecule has 1 aromatic carbocycles. The lowest BCUT2D eigenvalue weighted by atomic mass is 9.84. The summed E-state index contributed by atoms with van der Waals surface area (Å²) in [6, 6.07) is 9.65. The predicted octanol–water partition coefficient (Wildman–Crippen LogP) is 4.84. The number of hydrogen-bond donors (Lipinski definition) is 0. The van der Waals surface area contributed by atoms with E-state index in [-0.39, 0.29) is 11.7 Å². The van der Waals surface area contributed by atoms with Crippen molar-refractivity contribution < 1.29 is 4.79 Å². The Bertz CT molecular complexity index is 464.